The average molecular weight is 446 g/mol. The molecule has 0 aromatic heterocycles. The van der Waals surface area contributed by atoms with Crippen LogP contribution in [0.15, 0.2) is 0 Å². The van der Waals surface area contributed by atoms with Gasteiger partial charge in [0.05, 0.1) is 13.2 Å². The van der Waals surface area contributed by atoms with Gasteiger partial charge in [-0.2, -0.15) is 0 Å². The Hall–Kier alpha value is -0.840. The van der Waals surface area contributed by atoms with Crippen molar-refractivity contribution in [2.24, 2.45) is 11.8 Å². The molecule has 0 spiro atoms. The summed E-state index contributed by atoms with van der Waals surface area (Å²) in [5.74, 6) is -1.58. The van der Waals surface area contributed by atoms with E-state index in [1.807, 2.05) is 0 Å². The van der Waals surface area contributed by atoms with Crippen molar-refractivity contribution >= 4 is 27.5 Å². The number of rotatable bonds is 12. The van der Waals surface area contributed by atoms with Crippen molar-refractivity contribution < 1.29 is 47.3 Å². The van der Waals surface area contributed by atoms with Gasteiger partial charge in [0.2, 0.25) is 11.8 Å². The maximum absolute atomic E-state index is 12.4. The lowest BCUT2D eigenvalue weighted by Crippen LogP contribution is -2.44. The van der Waals surface area contributed by atoms with Crippen LogP contribution in [0.3, 0.4) is 0 Å². The maximum atomic E-state index is 12.4. The van der Waals surface area contributed by atoms with Gasteiger partial charge >= 0.3 is 15.6 Å². The van der Waals surface area contributed by atoms with E-state index in [2.05, 4.69) is 19.7 Å². The van der Waals surface area contributed by atoms with Crippen molar-refractivity contribution in [3.8, 4) is 0 Å². The number of hydrogen-bond donors (Lipinski definition) is 6. The largest absolute Gasteiger partial charge is 0.469 e. The predicted molar refractivity (Wildman–Crippen MR) is 96.7 cm³/mol. The molecular formula is C14H28N2O10P2. The molecule has 1 fully saturated rings. The Bertz CT molecular complexity index is 553. The Balaban J connectivity index is 2.36. The van der Waals surface area contributed by atoms with Crippen LogP contribution < -0.4 is 10.6 Å². The molecule has 1 aliphatic rings. The summed E-state index contributed by atoms with van der Waals surface area (Å²) in [7, 11) is -9.04. The van der Waals surface area contributed by atoms with Crippen molar-refractivity contribution in [2.45, 2.75) is 38.5 Å². The zero-order valence-corrected chi connectivity index (χ0v) is 17.1. The quantitative estimate of drug-likeness (QED) is 0.176. The Morgan fingerprint density at radius 1 is 0.786 bits per heavy atom. The zero-order valence-electron chi connectivity index (χ0n) is 15.4. The van der Waals surface area contributed by atoms with Crippen LogP contribution in [0.1, 0.15) is 38.5 Å². The van der Waals surface area contributed by atoms with E-state index < -0.39 is 27.5 Å². The van der Waals surface area contributed by atoms with Gasteiger partial charge in [-0.3, -0.25) is 18.6 Å². The fraction of sp³-hybridized carbons (Fsp3) is 0.857. The van der Waals surface area contributed by atoms with Crippen LogP contribution >= 0.6 is 15.6 Å². The molecule has 12 nitrogen and oxygen atoms in total. The van der Waals surface area contributed by atoms with Crippen molar-refractivity contribution in [2.75, 3.05) is 26.3 Å². The monoisotopic (exact) mass is 446 g/mol. The maximum Gasteiger partial charge on any atom is 0.469 e. The number of phosphoric acid groups is 2. The fourth-order valence-electron chi connectivity index (χ4n) is 2.96. The molecule has 1 rings (SSSR count). The van der Waals surface area contributed by atoms with Gasteiger partial charge in [-0.05, 0) is 25.7 Å². The van der Waals surface area contributed by atoms with Crippen molar-refractivity contribution in [3.63, 3.8) is 0 Å². The second-order valence-electron chi connectivity index (χ2n) is 6.43. The first-order chi connectivity index (χ1) is 13.0. The molecule has 6 N–H and O–H groups in total. The molecule has 0 aromatic carbocycles. The van der Waals surface area contributed by atoms with Crippen LogP contribution in [-0.4, -0.2) is 57.7 Å². The van der Waals surface area contributed by atoms with Gasteiger partial charge in [-0.15, -0.1) is 0 Å². The van der Waals surface area contributed by atoms with E-state index in [4.69, 9.17) is 19.6 Å². The molecule has 2 amide bonds. The van der Waals surface area contributed by atoms with E-state index in [0.29, 0.717) is 12.8 Å². The van der Waals surface area contributed by atoms with Gasteiger partial charge < -0.3 is 30.2 Å². The minimum atomic E-state index is -4.52. The zero-order chi connectivity index (χ0) is 21.2. The minimum absolute atomic E-state index is 0.170. The second kappa shape index (κ2) is 12.0. The highest BCUT2D eigenvalue weighted by Crippen LogP contribution is 2.36. The summed E-state index contributed by atoms with van der Waals surface area (Å²) < 4.78 is 29.7. The second-order valence-corrected chi connectivity index (χ2v) is 8.91. The van der Waals surface area contributed by atoms with E-state index in [1.165, 1.54) is 0 Å². The normalized spacial score (nSPS) is 20.6. The molecule has 0 bridgehead atoms. The summed E-state index contributed by atoms with van der Waals surface area (Å²) in [6, 6.07) is 0. The number of carbonyl (C=O) groups is 2. The number of carbonyl (C=O) groups excluding carboxylic acids is 2. The van der Waals surface area contributed by atoms with Crippen LogP contribution in [0.2, 0.25) is 0 Å². The number of phosphoric ester groups is 2. The summed E-state index contributed by atoms with van der Waals surface area (Å²) >= 11 is 0. The van der Waals surface area contributed by atoms with Crippen molar-refractivity contribution in [3.05, 3.63) is 0 Å². The van der Waals surface area contributed by atoms with Gasteiger partial charge in [-0.1, -0.05) is 12.8 Å². The minimum Gasteiger partial charge on any atom is -0.356 e. The van der Waals surface area contributed by atoms with Crippen molar-refractivity contribution in [1.29, 1.82) is 0 Å². The standard InChI is InChI=1S/C14H28N2O10P2/c17-13(15-7-3-9-25-27(19,20)21)11-5-1-2-6-12(11)14(18)16-8-4-10-26-28(22,23)24/h11-12H,1-10H2,(H,15,17)(H,16,18)(H2,19,20,21)(H2,22,23,24)/t11-,12-/m0/s1. The Morgan fingerprint density at radius 3 is 1.46 bits per heavy atom. The van der Waals surface area contributed by atoms with Gasteiger partial charge in [0.25, 0.3) is 0 Å². The third-order valence-electron chi connectivity index (χ3n) is 4.20. The van der Waals surface area contributed by atoms with E-state index in [0.717, 1.165) is 12.8 Å². The molecule has 0 unspecified atom stereocenters. The van der Waals surface area contributed by atoms with E-state index in [-0.39, 0.29) is 51.0 Å². The topological polar surface area (TPSA) is 192 Å². The Labute approximate surface area is 162 Å². The first kappa shape index (κ1) is 25.2. The molecule has 1 saturated carbocycles. The molecule has 0 heterocycles. The molecule has 1 aliphatic carbocycles. The van der Waals surface area contributed by atoms with Gasteiger partial charge in [-0.25, -0.2) is 9.13 Å². The number of amides is 2. The van der Waals surface area contributed by atoms with Crippen LogP contribution in [0.4, 0.5) is 0 Å². The van der Waals surface area contributed by atoms with Gasteiger partial charge in [0.1, 0.15) is 0 Å². The first-order valence-electron chi connectivity index (χ1n) is 8.95. The molecular weight excluding hydrogens is 418 g/mol. The predicted octanol–water partition coefficient (Wildman–Crippen LogP) is 0.0240. The first-order valence-corrected chi connectivity index (χ1v) is 12.0. The van der Waals surface area contributed by atoms with E-state index >= 15 is 0 Å². The molecule has 0 aliphatic heterocycles. The molecule has 0 aromatic rings. The van der Waals surface area contributed by atoms with Gasteiger partial charge in [0.15, 0.2) is 0 Å². The molecule has 28 heavy (non-hydrogen) atoms. The lowest BCUT2D eigenvalue weighted by molar-refractivity contribution is -0.136. The van der Waals surface area contributed by atoms with Crippen LogP contribution in [0, 0.1) is 11.8 Å². The summed E-state index contributed by atoms with van der Waals surface area (Å²) in [5.41, 5.74) is 0. The Kier molecular flexibility index (Phi) is 10.8. The number of hydrogen-bond acceptors (Lipinski definition) is 6. The third kappa shape index (κ3) is 11.2. The SMILES string of the molecule is O=C(NCCCOP(=O)(O)O)[C@H]1CCCC[C@@H]1C(=O)NCCCOP(=O)(O)O. The summed E-state index contributed by atoms with van der Waals surface area (Å²) in [4.78, 5) is 59.1. The third-order valence-corrected chi connectivity index (χ3v) is 5.24. The van der Waals surface area contributed by atoms with Crippen LogP contribution in [0.25, 0.3) is 0 Å². The lowest BCUT2D eigenvalue weighted by Gasteiger charge is -2.29. The fourth-order valence-corrected chi connectivity index (χ4v) is 3.69. The molecule has 2 atom stereocenters. The number of nitrogens with one attached hydrogen (secondary N) is 2. The highest BCUT2D eigenvalue weighted by atomic mass is 31.2. The van der Waals surface area contributed by atoms with Gasteiger partial charge in [0, 0.05) is 24.9 Å². The molecule has 14 heteroatoms. The highest BCUT2D eigenvalue weighted by Gasteiger charge is 2.35. The summed E-state index contributed by atoms with van der Waals surface area (Å²) in [6.07, 6.45) is 3.20. The van der Waals surface area contributed by atoms with E-state index in [9.17, 15) is 18.7 Å². The van der Waals surface area contributed by atoms with Crippen molar-refractivity contribution in [1.82, 2.24) is 10.6 Å². The van der Waals surface area contributed by atoms with E-state index in [1.54, 1.807) is 0 Å². The van der Waals surface area contributed by atoms with Crippen LogP contribution in [0.5, 0.6) is 0 Å². The highest BCUT2D eigenvalue weighted by molar-refractivity contribution is 7.46. The average Bonchev–Trinajstić information content (AvgIpc) is 2.58. The lowest BCUT2D eigenvalue weighted by atomic mass is 9.78. The summed E-state index contributed by atoms with van der Waals surface area (Å²) in [6.45, 7) is -0.0571. The molecule has 0 radical (unpaired) electrons. The molecule has 164 valence electrons. The smallest absolute Gasteiger partial charge is 0.356 e. The summed E-state index contributed by atoms with van der Waals surface area (Å²) in [5, 5.41) is 5.32. The van der Waals surface area contributed by atoms with Crippen LogP contribution in [-0.2, 0) is 27.8 Å². The molecule has 0 saturated heterocycles. The Morgan fingerprint density at radius 2 is 1.14 bits per heavy atom.